The summed E-state index contributed by atoms with van der Waals surface area (Å²) in [6.07, 6.45) is 2.11. The molecule has 0 saturated heterocycles. The van der Waals surface area contributed by atoms with Crippen LogP contribution in [0.1, 0.15) is 22.5 Å². The zero-order chi connectivity index (χ0) is 19.2. The molecule has 7 nitrogen and oxygen atoms in total. The van der Waals surface area contributed by atoms with Gasteiger partial charge in [-0.15, -0.1) is 11.3 Å². The van der Waals surface area contributed by atoms with Gasteiger partial charge < -0.3 is 10.3 Å². The number of nitrogens with one attached hydrogen (secondary N) is 3. The molecular weight excluding hydrogens is 388 g/mol. The summed E-state index contributed by atoms with van der Waals surface area (Å²) in [5.41, 5.74) is 0.852. The second-order valence-corrected chi connectivity index (χ2v) is 6.86. The van der Waals surface area contributed by atoms with Crippen molar-refractivity contribution < 1.29 is 9.59 Å². The zero-order valence-electron chi connectivity index (χ0n) is 14.0. The predicted molar refractivity (Wildman–Crippen MR) is 106 cm³/mol. The van der Waals surface area contributed by atoms with Crippen LogP contribution in [0.3, 0.4) is 0 Å². The van der Waals surface area contributed by atoms with Crippen LogP contribution in [0.5, 0.6) is 0 Å². The number of aromatic nitrogens is 2. The molecule has 2 aromatic heterocycles. The molecular formula is C18H15ClN4O3S. The second kappa shape index (κ2) is 8.61. The number of aryl methyl sites for hydroxylation is 1. The first-order valence-corrected chi connectivity index (χ1v) is 9.26. The number of carbonyl (C=O) groups is 2. The van der Waals surface area contributed by atoms with Crippen molar-refractivity contribution >= 4 is 45.6 Å². The van der Waals surface area contributed by atoms with E-state index in [1.165, 1.54) is 23.6 Å². The molecule has 0 bridgehead atoms. The van der Waals surface area contributed by atoms with Crippen LogP contribution < -0.4 is 16.2 Å². The molecule has 2 amide bonds. The largest absolute Gasteiger partial charge is 0.328 e. The van der Waals surface area contributed by atoms with E-state index in [9.17, 15) is 14.4 Å². The van der Waals surface area contributed by atoms with Crippen molar-refractivity contribution in [1.29, 1.82) is 0 Å². The van der Waals surface area contributed by atoms with Gasteiger partial charge in [-0.05, 0) is 36.8 Å². The number of carbonyl (C=O) groups excluding carboxylic acids is 2. The van der Waals surface area contributed by atoms with E-state index in [1.54, 1.807) is 35.7 Å². The summed E-state index contributed by atoms with van der Waals surface area (Å²) in [6.45, 7) is 0. The number of nitrogens with zero attached hydrogens (tertiary/aromatic N) is 1. The Morgan fingerprint density at radius 1 is 1.19 bits per heavy atom. The Morgan fingerprint density at radius 3 is 2.81 bits per heavy atom. The summed E-state index contributed by atoms with van der Waals surface area (Å²) < 4.78 is 0. The first-order valence-electron chi connectivity index (χ1n) is 8.00. The van der Waals surface area contributed by atoms with Crippen LogP contribution in [0.2, 0.25) is 5.02 Å². The molecule has 0 radical (unpaired) electrons. The fraction of sp³-hybridized carbons (Fsp3) is 0.111. The lowest BCUT2D eigenvalue weighted by atomic mass is 10.2. The third-order valence-corrected chi connectivity index (χ3v) is 4.59. The monoisotopic (exact) mass is 402 g/mol. The maximum absolute atomic E-state index is 12.1. The molecule has 27 heavy (non-hydrogen) atoms. The van der Waals surface area contributed by atoms with E-state index < -0.39 is 11.5 Å². The molecule has 0 aliphatic carbocycles. The van der Waals surface area contributed by atoms with E-state index in [-0.39, 0.29) is 17.9 Å². The number of anilines is 2. The topological polar surface area (TPSA) is 104 Å². The van der Waals surface area contributed by atoms with Crippen molar-refractivity contribution in [2.45, 2.75) is 12.8 Å². The lowest BCUT2D eigenvalue weighted by Crippen LogP contribution is -2.22. The minimum Gasteiger partial charge on any atom is -0.328 e. The maximum Gasteiger partial charge on any atom is 0.263 e. The van der Waals surface area contributed by atoms with E-state index in [4.69, 9.17) is 11.6 Å². The van der Waals surface area contributed by atoms with Gasteiger partial charge >= 0.3 is 0 Å². The molecule has 3 aromatic rings. The molecule has 3 N–H and O–H groups in total. The Balaban J connectivity index is 1.53. The van der Waals surface area contributed by atoms with Crippen LogP contribution in [-0.4, -0.2) is 21.8 Å². The molecule has 0 aliphatic rings. The third-order valence-electron chi connectivity index (χ3n) is 3.55. The highest BCUT2D eigenvalue weighted by molar-refractivity contribution is 7.14. The first-order chi connectivity index (χ1) is 13.0. The fourth-order valence-electron chi connectivity index (χ4n) is 2.28. The smallest absolute Gasteiger partial charge is 0.263 e. The number of H-pyrrole nitrogens is 1. The number of hydrogen-bond acceptors (Lipinski definition) is 5. The number of thiazole rings is 1. The molecule has 138 valence electrons. The Bertz CT molecular complexity index is 1030. The molecule has 1 aromatic carbocycles. The van der Waals surface area contributed by atoms with E-state index in [0.29, 0.717) is 28.0 Å². The van der Waals surface area contributed by atoms with Crippen LogP contribution >= 0.6 is 22.9 Å². The van der Waals surface area contributed by atoms with Crippen molar-refractivity contribution in [2.75, 3.05) is 10.6 Å². The molecule has 0 fully saturated rings. The normalized spacial score (nSPS) is 10.4. The molecule has 0 saturated carbocycles. The van der Waals surface area contributed by atoms with Crippen LogP contribution in [-0.2, 0) is 11.2 Å². The molecule has 3 rings (SSSR count). The quantitative estimate of drug-likeness (QED) is 0.588. The number of rotatable bonds is 6. The zero-order valence-corrected chi connectivity index (χ0v) is 15.6. The van der Waals surface area contributed by atoms with Gasteiger partial charge in [0.2, 0.25) is 5.91 Å². The van der Waals surface area contributed by atoms with Gasteiger partial charge in [0.15, 0.2) is 5.13 Å². The van der Waals surface area contributed by atoms with Gasteiger partial charge in [0.1, 0.15) is 5.56 Å². The predicted octanol–water partition coefficient (Wildman–Crippen LogP) is 3.31. The Kier molecular flexibility index (Phi) is 6.00. The van der Waals surface area contributed by atoms with Crippen molar-refractivity contribution in [1.82, 2.24) is 9.97 Å². The summed E-state index contributed by atoms with van der Waals surface area (Å²) in [5, 5.41) is 8.03. The number of benzene rings is 1. The van der Waals surface area contributed by atoms with Crippen LogP contribution in [0.25, 0.3) is 0 Å². The van der Waals surface area contributed by atoms with E-state index in [1.807, 2.05) is 0 Å². The summed E-state index contributed by atoms with van der Waals surface area (Å²) in [4.78, 5) is 42.5. The lowest BCUT2D eigenvalue weighted by molar-refractivity contribution is -0.116. The summed E-state index contributed by atoms with van der Waals surface area (Å²) >= 11 is 7.12. The van der Waals surface area contributed by atoms with E-state index >= 15 is 0 Å². The number of aromatic amines is 1. The maximum atomic E-state index is 12.1. The third kappa shape index (κ3) is 5.25. The van der Waals surface area contributed by atoms with Crippen molar-refractivity contribution in [2.24, 2.45) is 0 Å². The Morgan fingerprint density at radius 2 is 2.04 bits per heavy atom. The Labute approximate surface area is 163 Å². The summed E-state index contributed by atoms with van der Waals surface area (Å²) in [7, 11) is 0. The van der Waals surface area contributed by atoms with Crippen molar-refractivity contribution in [3.05, 3.63) is 74.6 Å². The fourth-order valence-corrected chi connectivity index (χ4v) is 3.21. The van der Waals surface area contributed by atoms with Gasteiger partial charge in [-0.1, -0.05) is 17.7 Å². The molecule has 2 heterocycles. The van der Waals surface area contributed by atoms with Crippen molar-refractivity contribution in [3.63, 3.8) is 0 Å². The van der Waals surface area contributed by atoms with Gasteiger partial charge in [0.25, 0.3) is 11.5 Å². The average molecular weight is 403 g/mol. The molecule has 9 heteroatoms. The SMILES string of the molecule is O=C(CCc1csc(NC(=O)c2ccc[nH]c2=O)n1)Nc1cccc(Cl)c1. The van der Waals surface area contributed by atoms with E-state index in [0.717, 1.165) is 0 Å². The van der Waals surface area contributed by atoms with Gasteiger partial charge in [-0.3, -0.25) is 19.7 Å². The van der Waals surface area contributed by atoms with Crippen LogP contribution in [0.4, 0.5) is 10.8 Å². The molecule has 0 atom stereocenters. The van der Waals surface area contributed by atoms with Crippen LogP contribution in [0, 0.1) is 0 Å². The Hall–Kier alpha value is -2.97. The number of hydrogen-bond donors (Lipinski definition) is 3. The lowest BCUT2D eigenvalue weighted by Gasteiger charge is -2.04. The molecule has 0 unspecified atom stereocenters. The molecule has 0 spiro atoms. The number of amides is 2. The highest BCUT2D eigenvalue weighted by Gasteiger charge is 2.12. The highest BCUT2D eigenvalue weighted by atomic mass is 35.5. The van der Waals surface area contributed by atoms with Gasteiger partial charge in [0, 0.05) is 28.7 Å². The van der Waals surface area contributed by atoms with Gasteiger partial charge in [-0.25, -0.2) is 4.98 Å². The first kappa shape index (κ1) is 18.8. The minimum atomic E-state index is -0.531. The molecule has 0 aliphatic heterocycles. The average Bonchev–Trinajstić information content (AvgIpc) is 3.08. The standard InChI is InChI=1S/C18H15ClN4O3S/c19-11-3-1-4-12(9-11)21-15(24)7-6-13-10-27-18(22-13)23-17(26)14-5-2-8-20-16(14)25/h1-5,8-10H,6-7H2,(H,20,25)(H,21,24)(H,22,23,26). The summed E-state index contributed by atoms with van der Waals surface area (Å²) in [5.74, 6) is -0.692. The summed E-state index contributed by atoms with van der Waals surface area (Å²) in [6, 6.07) is 9.91. The number of halogens is 1. The number of pyridine rings is 1. The van der Waals surface area contributed by atoms with Crippen LogP contribution in [0.15, 0.2) is 52.8 Å². The van der Waals surface area contributed by atoms with Gasteiger partial charge in [-0.2, -0.15) is 0 Å². The highest BCUT2D eigenvalue weighted by Crippen LogP contribution is 2.18. The van der Waals surface area contributed by atoms with Gasteiger partial charge in [0.05, 0.1) is 5.69 Å². The van der Waals surface area contributed by atoms with E-state index in [2.05, 4.69) is 20.6 Å². The minimum absolute atomic E-state index is 0.00940. The second-order valence-electron chi connectivity index (χ2n) is 5.57. The van der Waals surface area contributed by atoms with Crippen molar-refractivity contribution in [3.8, 4) is 0 Å².